The largest absolute Gasteiger partial charge is 0.417 e. The van der Waals surface area contributed by atoms with Crippen LogP contribution in [0.2, 0.25) is 0 Å². The molecular formula is C29H46F5NO2. The summed E-state index contributed by atoms with van der Waals surface area (Å²) in [4.78, 5) is 0. The third kappa shape index (κ3) is 4.47. The number of fused-ring (bicyclic) bond motifs is 5. The smallest absolute Gasteiger partial charge is 0.390 e. The van der Waals surface area contributed by atoms with E-state index >= 15 is 0 Å². The van der Waals surface area contributed by atoms with Crippen molar-refractivity contribution in [3.05, 3.63) is 0 Å². The quantitative estimate of drug-likeness (QED) is 0.336. The number of nitrogens with two attached hydrogens (primary N) is 1. The van der Waals surface area contributed by atoms with E-state index in [4.69, 9.17) is 5.73 Å². The van der Waals surface area contributed by atoms with Crippen molar-refractivity contribution in [3.8, 4) is 0 Å². The van der Waals surface area contributed by atoms with Gasteiger partial charge in [0, 0.05) is 18.4 Å². The Morgan fingerprint density at radius 3 is 2.08 bits per heavy atom. The molecule has 0 aliphatic heterocycles. The van der Waals surface area contributed by atoms with Crippen molar-refractivity contribution in [2.75, 3.05) is 0 Å². The number of rotatable bonds is 4. The molecule has 0 aromatic heterocycles. The number of aliphatic hydroxyl groups is 2. The zero-order chi connectivity index (χ0) is 27.1. The molecule has 0 saturated heterocycles. The van der Waals surface area contributed by atoms with Gasteiger partial charge in [-0.25, -0.2) is 8.78 Å². The molecule has 5 rings (SSSR count). The van der Waals surface area contributed by atoms with Crippen LogP contribution in [0.5, 0.6) is 0 Å². The van der Waals surface area contributed by atoms with E-state index in [0.717, 1.165) is 38.5 Å². The molecule has 0 bridgehead atoms. The van der Waals surface area contributed by atoms with Crippen LogP contribution in [0.1, 0.15) is 117 Å². The average molecular weight is 536 g/mol. The van der Waals surface area contributed by atoms with Crippen molar-refractivity contribution in [1.82, 2.24) is 0 Å². The minimum Gasteiger partial charge on any atom is -0.390 e. The van der Waals surface area contributed by atoms with Gasteiger partial charge < -0.3 is 15.9 Å². The van der Waals surface area contributed by atoms with Gasteiger partial charge in [0.1, 0.15) is 0 Å². The number of hydrogen-bond donors (Lipinski definition) is 3. The molecule has 0 amide bonds. The summed E-state index contributed by atoms with van der Waals surface area (Å²) in [5, 5.41) is 21.3. The zero-order valence-electron chi connectivity index (χ0n) is 22.5. The van der Waals surface area contributed by atoms with Crippen molar-refractivity contribution < 1.29 is 32.2 Å². The molecule has 214 valence electrons. The van der Waals surface area contributed by atoms with Gasteiger partial charge in [-0.1, -0.05) is 20.3 Å². The monoisotopic (exact) mass is 535 g/mol. The second-order valence-electron chi connectivity index (χ2n) is 14.5. The molecule has 5 fully saturated rings. The summed E-state index contributed by atoms with van der Waals surface area (Å²) < 4.78 is 68.0. The third-order valence-corrected chi connectivity index (χ3v) is 12.8. The number of halogens is 5. The van der Waals surface area contributed by atoms with Gasteiger partial charge in [-0.2, -0.15) is 13.2 Å². The Hall–Kier alpha value is -0.470. The van der Waals surface area contributed by atoms with Crippen LogP contribution >= 0.6 is 0 Å². The van der Waals surface area contributed by atoms with E-state index < -0.39 is 28.8 Å². The first-order valence-electron chi connectivity index (χ1n) is 14.6. The van der Waals surface area contributed by atoms with E-state index in [1.54, 1.807) is 0 Å². The van der Waals surface area contributed by atoms with Crippen molar-refractivity contribution >= 4 is 0 Å². The Morgan fingerprint density at radius 2 is 1.43 bits per heavy atom. The molecular weight excluding hydrogens is 489 g/mol. The van der Waals surface area contributed by atoms with Crippen LogP contribution in [0, 0.1) is 34.5 Å². The second-order valence-corrected chi connectivity index (χ2v) is 14.5. The SMILES string of the molecule is CC12CCC3C4(C)CC[C@@](O)(C(F)(F)F)CC4CCC3(N)C1CCC2CCCC1(O)CCC(F)(F)CC1. The summed E-state index contributed by atoms with van der Waals surface area (Å²) in [6.45, 7) is 4.50. The molecule has 4 N–H and O–H groups in total. The normalized spacial score (nSPS) is 49.1. The lowest BCUT2D eigenvalue weighted by molar-refractivity contribution is -0.290. The fraction of sp³-hybridized carbons (Fsp3) is 1.00. The first kappa shape index (κ1) is 28.1. The topological polar surface area (TPSA) is 66.5 Å². The summed E-state index contributed by atoms with van der Waals surface area (Å²) >= 11 is 0. The van der Waals surface area contributed by atoms with Crippen LogP contribution in [-0.4, -0.2) is 39.1 Å². The molecule has 0 spiro atoms. The van der Waals surface area contributed by atoms with E-state index in [1.165, 1.54) is 0 Å². The maximum Gasteiger partial charge on any atom is 0.417 e. The Bertz CT molecular complexity index is 871. The molecule has 0 heterocycles. The predicted molar refractivity (Wildman–Crippen MR) is 132 cm³/mol. The minimum absolute atomic E-state index is 0.0675. The standard InChI is InChI=1S/C29H46F5NO2/c1-23-10-8-22-24(2)12-15-26(37,29(32,33)34)18-20(24)7-11-28(22,35)21(23)6-5-19(23)4-3-9-25(36)13-16-27(30,31)17-14-25/h19-22,36-37H,3-18,35H2,1-2H3/t19?,20?,21?,22?,23?,24?,26-,28?/m0/s1. The molecule has 0 aromatic carbocycles. The van der Waals surface area contributed by atoms with Crippen molar-refractivity contribution in [3.63, 3.8) is 0 Å². The number of alkyl halides is 5. The van der Waals surface area contributed by atoms with Crippen molar-refractivity contribution in [1.29, 1.82) is 0 Å². The number of hydrogen-bond acceptors (Lipinski definition) is 3. The predicted octanol–water partition coefficient (Wildman–Crippen LogP) is 7.13. The lowest BCUT2D eigenvalue weighted by Gasteiger charge is -2.66. The molecule has 5 aliphatic rings. The molecule has 8 heteroatoms. The first-order valence-corrected chi connectivity index (χ1v) is 14.6. The fourth-order valence-corrected chi connectivity index (χ4v) is 10.3. The summed E-state index contributed by atoms with van der Waals surface area (Å²) in [5.74, 6) is -1.86. The van der Waals surface area contributed by atoms with Gasteiger partial charge >= 0.3 is 6.18 Å². The van der Waals surface area contributed by atoms with Crippen LogP contribution in [0.4, 0.5) is 22.0 Å². The van der Waals surface area contributed by atoms with Gasteiger partial charge in [0.2, 0.25) is 5.92 Å². The van der Waals surface area contributed by atoms with Gasteiger partial charge in [0.15, 0.2) is 5.60 Å². The van der Waals surface area contributed by atoms with Gasteiger partial charge in [-0.05, 0) is 118 Å². The zero-order valence-corrected chi connectivity index (χ0v) is 22.5. The van der Waals surface area contributed by atoms with E-state index in [2.05, 4.69) is 13.8 Å². The summed E-state index contributed by atoms with van der Waals surface area (Å²) in [5.41, 5.74) is 3.18. The highest BCUT2D eigenvalue weighted by molar-refractivity contribution is 5.19. The maximum absolute atomic E-state index is 13.6. The molecule has 3 nitrogen and oxygen atoms in total. The second kappa shape index (κ2) is 8.76. The highest BCUT2D eigenvalue weighted by Gasteiger charge is 2.68. The van der Waals surface area contributed by atoms with Crippen molar-refractivity contribution in [2.24, 2.45) is 40.2 Å². The molecule has 8 atom stereocenters. The van der Waals surface area contributed by atoms with Gasteiger partial charge in [-0.3, -0.25) is 0 Å². The molecule has 37 heavy (non-hydrogen) atoms. The highest BCUT2D eigenvalue weighted by atomic mass is 19.4. The van der Waals surface area contributed by atoms with E-state index in [9.17, 15) is 32.2 Å². The van der Waals surface area contributed by atoms with E-state index in [1.807, 2.05) is 0 Å². The third-order valence-electron chi connectivity index (χ3n) is 12.8. The molecule has 5 aliphatic carbocycles. The fourth-order valence-electron chi connectivity index (χ4n) is 10.3. The summed E-state index contributed by atoms with van der Waals surface area (Å²) in [7, 11) is 0. The van der Waals surface area contributed by atoms with Crippen molar-refractivity contribution in [2.45, 2.75) is 145 Å². The minimum atomic E-state index is -4.60. The van der Waals surface area contributed by atoms with Gasteiger partial charge in [-0.15, -0.1) is 0 Å². The molecule has 0 aromatic rings. The van der Waals surface area contributed by atoms with Gasteiger partial charge in [0.05, 0.1) is 5.60 Å². The van der Waals surface area contributed by atoms with Crippen LogP contribution in [-0.2, 0) is 0 Å². The van der Waals surface area contributed by atoms with Crippen LogP contribution in [0.25, 0.3) is 0 Å². The Morgan fingerprint density at radius 1 is 0.784 bits per heavy atom. The highest BCUT2D eigenvalue weighted by Crippen LogP contribution is 2.69. The van der Waals surface area contributed by atoms with E-state index in [-0.39, 0.29) is 61.2 Å². The Labute approximate surface area is 218 Å². The molecule has 5 saturated carbocycles. The Balaban J connectivity index is 1.25. The van der Waals surface area contributed by atoms with Crippen LogP contribution in [0.3, 0.4) is 0 Å². The van der Waals surface area contributed by atoms with E-state index in [0.29, 0.717) is 37.5 Å². The summed E-state index contributed by atoms with van der Waals surface area (Å²) in [6, 6.07) is 0. The lowest BCUT2D eigenvalue weighted by Crippen LogP contribution is -2.69. The Kier molecular flexibility index (Phi) is 6.65. The van der Waals surface area contributed by atoms with Crippen LogP contribution in [0.15, 0.2) is 0 Å². The summed E-state index contributed by atoms with van der Waals surface area (Å²) in [6.07, 6.45) is 2.91. The molecule has 7 unspecified atom stereocenters. The first-order chi connectivity index (χ1) is 17.0. The van der Waals surface area contributed by atoms with Gasteiger partial charge in [0.25, 0.3) is 0 Å². The van der Waals surface area contributed by atoms with Crippen LogP contribution < -0.4 is 5.73 Å². The lowest BCUT2D eigenvalue weighted by atomic mass is 9.41. The molecule has 0 radical (unpaired) electrons. The maximum atomic E-state index is 13.6. The average Bonchev–Trinajstić information content (AvgIpc) is 3.14.